The van der Waals surface area contributed by atoms with Gasteiger partial charge in [-0.2, -0.15) is 11.8 Å². The Bertz CT molecular complexity index is 454. The molecule has 0 spiro atoms. The molecule has 0 aromatic heterocycles. The molecule has 1 amide bonds. The molecule has 5 unspecified atom stereocenters. The molecular formula is C15H24NNaO7S. The summed E-state index contributed by atoms with van der Waals surface area (Å²) in [7, 11) is 0. The molecule has 3 heterocycles. The minimum atomic E-state index is -1.34. The number of aliphatic carboxylic acids is 1. The molecule has 3 rings (SSSR count). The van der Waals surface area contributed by atoms with E-state index in [9.17, 15) is 24.9 Å². The Hall–Kier alpha value is 0.130. The number of carbonyl (C=O) groups excluding carboxylic acids is 2. The molecule has 138 valence electrons. The maximum absolute atomic E-state index is 11.0. The number of hydrogen-bond donors (Lipinski definition) is 3. The Morgan fingerprint density at radius 1 is 1.32 bits per heavy atom. The summed E-state index contributed by atoms with van der Waals surface area (Å²) in [5.41, 5.74) is 0. The molecule has 3 aliphatic rings. The first-order valence-electron chi connectivity index (χ1n) is 8.09. The fraction of sp³-hybridized carbons (Fsp3) is 0.867. The fourth-order valence-electron chi connectivity index (χ4n) is 3.04. The zero-order chi connectivity index (χ0) is 17.7. The molecular weight excluding hydrogens is 361 g/mol. The first kappa shape index (κ1) is 23.2. The van der Waals surface area contributed by atoms with Crippen molar-refractivity contribution in [2.24, 2.45) is 5.92 Å². The number of hydrogen-bond acceptors (Lipinski definition) is 8. The van der Waals surface area contributed by atoms with Crippen molar-refractivity contribution in [3.05, 3.63) is 0 Å². The van der Waals surface area contributed by atoms with Crippen molar-refractivity contribution in [2.45, 2.75) is 56.8 Å². The second kappa shape index (κ2) is 11.1. The van der Waals surface area contributed by atoms with Crippen molar-refractivity contribution in [3.8, 4) is 0 Å². The van der Waals surface area contributed by atoms with E-state index < -0.39 is 36.4 Å². The predicted octanol–water partition coefficient (Wildman–Crippen LogP) is -4.76. The number of ether oxygens (including phenoxy) is 2. The zero-order valence-corrected chi connectivity index (χ0v) is 17.4. The van der Waals surface area contributed by atoms with Crippen LogP contribution in [0.3, 0.4) is 0 Å². The van der Waals surface area contributed by atoms with Gasteiger partial charge >= 0.3 is 29.6 Å². The zero-order valence-electron chi connectivity index (χ0n) is 14.6. The largest absolute Gasteiger partial charge is 1.00 e. The van der Waals surface area contributed by atoms with Gasteiger partial charge in [-0.05, 0) is 12.8 Å². The molecule has 6 atom stereocenters. The molecule has 3 saturated heterocycles. The number of thioether (sulfide) groups is 1. The van der Waals surface area contributed by atoms with Gasteiger partial charge in [0.25, 0.3) is 0 Å². The van der Waals surface area contributed by atoms with E-state index in [4.69, 9.17) is 9.47 Å². The first-order valence-corrected chi connectivity index (χ1v) is 9.24. The van der Waals surface area contributed by atoms with Crippen molar-refractivity contribution >= 4 is 23.6 Å². The Morgan fingerprint density at radius 3 is 2.68 bits per heavy atom. The summed E-state index contributed by atoms with van der Waals surface area (Å²) in [5, 5.41) is 33.7. The molecule has 0 saturated carbocycles. The van der Waals surface area contributed by atoms with Gasteiger partial charge in [0, 0.05) is 31.0 Å². The van der Waals surface area contributed by atoms with E-state index in [1.165, 1.54) is 18.7 Å². The third-order valence-electron chi connectivity index (χ3n) is 4.30. The van der Waals surface area contributed by atoms with Crippen molar-refractivity contribution in [1.82, 2.24) is 5.32 Å². The molecule has 2 bridgehead atoms. The van der Waals surface area contributed by atoms with Crippen LogP contribution in [0.5, 0.6) is 0 Å². The predicted molar refractivity (Wildman–Crippen MR) is 83.9 cm³/mol. The molecule has 3 aliphatic heterocycles. The van der Waals surface area contributed by atoms with Gasteiger partial charge in [-0.1, -0.05) is 6.42 Å². The number of amides is 1. The summed E-state index contributed by atoms with van der Waals surface area (Å²) >= 11 is 1.30. The van der Waals surface area contributed by atoms with E-state index in [0.717, 1.165) is 12.8 Å². The van der Waals surface area contributed by atoms with Crippen LogP contribution in [0.1, 0.15) is 26.2 Å². The Balaban J connectivity index is 0.00000312. The summed E-state index contributed by atoms with van der Waals surface area (Å²) < 4.78 is 11.3. The minimum Gasteiger partial charge on any atom is -0.548 e. The van der Waals surface area contributed by atoms with Crippen LogP contribution in [0.2, 0.25) is 0 Å². The Morgan fingerprint density at radius 2 is 2.04 bits per heavy atom. The summed E-state index contributed by atoms with van der Waals surface area (Å²) in [4.78, 5) is 22.0. The second-order valence-electron chi connectivity index (χ2n) is 6.16. The van der Waals surface area contributed by atoms with Crippen LogP contribution in [0, 0.1) is 5.92 Å². The third-order valence-corrected chi connectivity index (χ3v) is 5.43. The van der Waals surface area contributed by atoms with E-state index in [-0.39, 0.29) is 47.3 Å². The number of rotatable bonds is 6. The quantitative estimate of drug-likeness (QED) is 0.389. The summed E-state index contributed by atoms with van der Waals surface area (Å²) in [5.74, 6) is -1.44. The first-order chi connectivity index (χ1) is 11.4. The molecule has 3 N–H and O–H groups in total. The van der Waals surface area contributed by atoms with E-state index >= 15 is 0 Å². The second-order valence-corrected chi connectivity index (χ2v) is 7.24. The SMILES string of the molecule is CC(=O)N[C@@H](CSCC1OC2OCCCCC1C(O)C2O)C(=O)[O-].[Na+]. The summed E-state index contributed by atoms with van der Waals surface area (Å²) in [6, 6.07) is -1.08. The average molecular weight is 385 g/mol. The van der Waals surface area contributed by atoms with Crippen LogP contribution in [0.25, 0.3) is 0 Å². The Kier molecular flexibility index (Phi) is 10.3. The van der Waals surface area contributed by atoms with E-state index in [2.05, 4.69) is 5.32 Å². The average Bonchev–Trinajstić information content (AvgIpc) is 2.65. The van der Waals surface area contributed by atoms with Crippen LogP contribution in [0.4, 0.5) is 0 Å². The third kappa shape index (κ3) is 6.66. The van der Waals surface area contributed by atoms with Gasteiger partial charge in [-0.25, -0.2) is 0 Å². The van der Waals surface area contributed by atoms with Crippen molar-refractivity contribution in [2.75, 3.05) is 18.1 Å². The van der Waals surface area contributed by atoms with E-state index in [1.807, 2.05) is 0 Å². The van der Waals surface area contributed by atoms with Gasteiger partial charge in [-0.15, -0.1) is 0 Å². The molecule has 0 aliphatic carbocycles. The number of nitrogens with one attached hydrogen (secondary N) is 1. The van der Waals surface area contributed by atoms with E-state index in [1.54, 1.807) is 0 Å². The monoisotopic (exact) mass is 385 g/mol. The van der Waals surface area contributed by atoms with Crippen LogP contribution in [-0.2, 0) is 19.1 Å². The van der Waals surface area contributed by atoms with Gasteiger partial charge in [0.1, 0.15) is 6.10 Å². The van der Waals surface area contributed by atoms with Gasteiger partial charge in [0.15, 0.2) is 6.29 Å². The maximum atomic E-state index is 11.0. The normalized spacial score (nSPS) is 33.3. The molecule has 3 fully saturated rings. The molecule has 25 heavy (non-hydrogen) atoms. The minimum absolute atomic E-state index is 0. The molecule has 0 aromatic rings. The molecule has 0 aromatic carbocycles. The number of carboxylic acids is 1. The summed E-state index contributed by atoms with van der Waals surface area (Å²) in [6.07, 6.45) is -0.827. The van der Waals surface area contributed by atoms with Gasteiger partial charge in [0.2, 0.25) is 5.91 Å². The van der Waals surface area contributed by atoms with Crippen molar-refractivity contribution in [1.29, 1.82) is 0 Å². The smallest absolute Gasteiger partial charge is 0.548 e. The van der Waals surface area contributed by atoms with Crippen LogP contribution < -0.4 is 40.0 Å². The van der Waals surface area contributed by atoms with Gasteiger partial charge in [0.05, 0.1) is 24.2 Å². The van der Waals surface area contributed by atoms with E-state index in [0.29, 0.717) is 18.8 Å². The van der Waals surface area contributed by atoms with Gasteiger partial charge in [-0.3, -0.25) is 4.79 Å². The molecule has 0 radical (unpaired) electrons. The number of carbonyl (C=O) groups is 2. The standard InChI is InChI=1S/C15H25NO7S.Na/c1-8(17)16-10(14(20)21)6-24-7-11-9-4-2-3-5-22-15(23-11)13(19)12(9)18;/h9-13,15,18-19H,2-7H2,1H3,(H,16,17)(H,20,21);/q;+1/p-1/t9?,10-,11?,12?,13?,15?;/m0./s1. The number of aliphatic hydroxyl groups is 2. The van der Waals surface area contributed by atoms with Gasteiger partial charge < -0.3 is 34.9 Å². The fourth-order valence-corrected chi connectivity index (χ4v) is 4.19. The van der Waals surface area contributed by atoms with Crippen LogP contribution in [0.15, 0.2) is 0 Å². The molecule has 8 nitrogen and oxygen atoms in total. The number of carboxylic acid groups (broad SMARTS) is 1. The van der Waals surface area contributed by atoms with Crippen molar-refractivity contribution < 1.29 is 63.9 Å². The topological polar surface area (TPSA) is 128 Å². The number of aliphatic hydroxyl groups excluding tert-OH is 2. The summed E-state index contributed by atoms with van der Waals surface area (Å²) in [6.45, 7) is 1.71. The van der Waals surface area contributed by atoms with Crippen LogP contribution >= 0.6 is 11.8 Å². The maximum Gasteiger partial charge on any atom is 1.00 e. The van der Waals surface area contributed by atoms with Crippen LogP contribution in [-0.4, -0.2) is 70.8 Å². The Labute approximate surface area is 173 Å². The number of fused-ring (bicyclic) bond motifs is 6. The van der Waals surface area contributed by atoms with Crippen molar-refractivity contribution in [3.63, 3.8) is 0 Å². The molecule has 10 heteroatoms.